The number of pyridine rings is 1. The van der Waals surface area contributed by atoms with Gasteiger partial charge in [0, 0.05) is 6.20 Å². The quantitative estimate of drug-likeness (QED) is 0.457. The molecule has 2 aromatic heterocycles. The van der Waals surface area contributed by atoms with Crippen LogP contribution in [0.25, 0.3) is 16.6 Å². The zero-order chi connectivity index (χ0) is 20.6. The molecule has 0 bridgehead atoms. The summed E-state index contributed by atoms with van der Waals surface area (Å²) in [6, 6.07) is 14.9. The van der Waals surface area contributed by atoms with Gasteiger partial charge in [-0.3, -0.25) is 4.79 Å². The van der Waals surface area contributed by atoms with Gasteiger partial charge >= 0.3 is 6.18 Å². The number of fused-ring (bicyclic) bond motifs is 1. The Balaban J connectivity index is 1.65. The number of hydrogen-bond donors (Lipinski definition) is 0. The topological polar surface area (TPSA) is 57.0 Å². The first-order valence-electron chi connectivity index (χ1n) is 8.31. The van der Waals surface area contributed by atoms with Crippen LogP contribution < -0.4 is 10.3 Å². The van der Waals surface area contributed by atoms with E-state index < -0.39 is 17.3 Å². The van der Waals surface area contributed by atoms with Gasteiger partial charge in [-0.15, -0.1) is 0 Å². The third kappa shape index (κ3) is 3.79. The molecule has 29 heavy (non-hydrogen) atoms. The minimum Gasteiger partial charge on any atom is -0.454 e. The van der Waals surface area contributed by atoms with Crippen LogP contribution in [0.15, 0.2) is 71.8 Å². The largest absolute Gasteiger partial charge is 0.454 e. The number of benzene rings is 2. The first-order valence-corrected chi connectivity index (χ1v) is 8.69. The van der Waals surface area contributed by atoms with Crippen molar-refractivity contribution in [3.05, 3.63) is 87.9 Å². The average molecular weight is 418 g/mol. The van der Waals surface area contributed by atoms with Gasteiger partial charge in [0.25, 0.3) is 5.56 Å². The monoisotopic (exact) mass is 417 g/mol. The van der Waals surface area contributed by atoms with Crippen molar-refractivity contribution in [2.24, 2.45) is 0 Å². The van der Waals surface area contributed by atoms with Crippen molar-refractivity contribution in [3.63, 3.8) is 0 Å². The molecule has 4 aromatic rings. The molecule has 2 heterocycles. The first-order chi connectivity index (χ1) is 13.8. The van der Waals surface area contributed by atoms with E-state index in [0.717, 1.165) is 27.6 Å². The molecule has 0 spiro atoms. The predicted octanol–water partition coefficient (Wildman–Crippen LogP) is 5.25. The Labute approximate surface area is 167 Å². The summed E-state index contributed by atoms with van der Waals surface area (Å²) in [5.74, 6) is 0.384. The van der Waals surface area contributed by atoms with Crippen LogP contribution in [-0.4, -0.2) is 14.8 Å². The number of ether oxygens (including phenoxy) is 1. The van der Waals surface area contributed by atoms with Crippen LogP contribution in [0.3, 0.4) is 0 Å². The Bertz CT molecular complexity index is 1250. The molecule has 0 saturated carbocycles. The minimum absolute atomic E-state index is 0.0232. The fraction of sp³-hybridized carbons (Fsp3) is 0.0500. The van der Waals surface area contributed by atoms with Gasteiger partial charge in [-0.25, -0.2) is 4.98 Å². The van der Waals surface area contributed by atoms with Gasteiger partial charge in [0.05, 0.1) is 11.8 Å². The highest BCUT2D eigenvalue weighted by Crippen LogP contribution is 2.30. The van der Waals surface area contributed by atoms with E-state index >= 15 is 0 Å². The van der Waals surface area contributed by atoms with Crippen molar-refractivity contribution in [2.45, 2.75) is 6.18 Å². The standard InChI is InChI=1S/C20H11ClF3N3O2/c21-18-16(29-15-7-5-12-3-1-2-4-13(12)9-15)11-26-27(19(18)28)17-8-6-14(10-25-17)20(22,23)24/h1-11H. The molecule has 4 rings (SSSR count). The second-order valence-electron chi connectivity index (χ2n) is 6.05. The molecule has 0 aliphatic carbocycles. The average Bonchev–Trinajstić information content (AvgIpc) is 2.71. The fourth-order valence-corrected chi connectivity index (χ4v) is 2.86. The summed E-state index contributed by atoms with van der Waals surface area (Å²) in [5.41, 5.74) is -1.70. The Morgan fingerprint density at radius 3 is 2.41 bits per heavy atom. The molecule has 0 saturated heterocycles. The van der Waals surface area contributed by atoms with Crippen LogP contribution in [-0.2, 0) is 6.18 Å². The highest BCUT2D eigenvalue weighted by Gasteiger charge is 2.30. The molecule has 0 amide bonds. The highest BCUT2D eigenvalue weighted by atomic mass is 35.5. The van der Waals surface area contributed by atoms with Crippen LogP contribution >= 0.6 is 11.6 Å². The van der Waals surface area contributed by atoms with E-state index in [1.165, 1.54) is 6.20 Å². The minimum atomic E-state index is -4.53. The van der Waals surface area contributed by atoms with Crippen LogP contribution in [0, 0.1) is 0 Å². The van der Waals surface area contributed by atoms with E-state index in [4.69, 9.17) is 16.3 Å². The van der Waals surface area contributed by atoms with Crippen molar-refractivity contribution in [2.75, 3.05) is 0 Å². The third-order valence-corrected chi connectivity index (χ3v) is 4.48. The number of rotatable bonds is 3. The van der Waals surface area contributed by atoms with Gasteiger partial charge in [0.1, 0.15) is 5.75 Å². The van der Waals surface area contributed by atoms with Crippen molar-refractivity contribution in [3.8, 4) is 17.3 Å². The Kier molecular flexibility index (Phi) is 4.71. The lowest BCUT2D eigenvalue weighted by molar-refractivity contribution is -0.137. The molecule has 0 atom stereocenters. The van der Waals surface area contributed by atoms with Gasteiger partial charge in [-0.2, -0.15) is 23.0 Å². The number of hydrogen-bond acceptors (Lipinski definition) is 4. The van der Waals surface area contributed by atoms with E-state index in [1.807, 2.05) is 30.3 Å². The summed E-state index contributed by atoms with van der Waals surface area (Å²) < 4.78 is 44.5. The number of aromatic nitrogens is 3. The molecule has 0 aliphatic heterocycles. The summed E-state index contributed by atoms with van der Waals surface area (Å²) in [5, 5.41) is 5.60. The van der Waals surface area contributed by atoms with Crippen LogP contribution in [0.4, 0.5) is 13.2 Å². The molecule has 146 valence electrons. The van der Waals surface area contributed by atoms with Gasteiger partial charge in [-0.05, 0) is 35.0 Å². The molecule has 2 aromatic carbocycles. The van der Waals surface area contributed by atoms with Crippen LogP contribution in [0.1, 0.15) is 5.56 Å². The van der Waals surface area contributed by atoms with Gasteiger partial charge in [0.2, 0.25) is 0 Å². The molecule has 9 heteroatoms. The molecule has 0 unspecified atom stereocenters. The highest BCUT2D eigenvalue weighted by molar-refractivity contribution is 6.31. The SMILES string of the molecule is O=c1c(Cl)c(Oc2ccc3ccccc3c2)cnn1-c1ccc(C(F)(F)F)cn1. The van der Waals surface area contributed by atoms with Crippen molar-refractivity contribution in [1.82, 2.24) is 14.8 Å². The van der Waals surface area contributed by atoms with E-state index in [-0.39, 0.29) is 16.6 Å². The lowest BCUT2D eigenvalue weighted by Gasteiger charge is -2.11. The zero-order valence-electron chi connectivity index (χ0n) is 14.5. The molecule has 5 nitrogen and oxygen atoms in total. The lowest BCUT2D eigenvalue weighted by atomic mass is 10.1. The van der Waals surface area contributed by atoms with E-state index in [0.29, 0.717) is 11.9 Å². The zero-order valence-corrected chi connectivity index (χ0v) is 15.3. The van der Waals surface area contributed by atoms with E-state index in [2.05, 4.69) is 10.1 Å². The predicted molar refractivity (Wildman–Crippen MR) is 102 cm³/mol. The summed E-state index contributed by atoms with van der Waals surface area (Å²) in [4.78, 5) is 16.1. The van der Waals surface area contributed by atoms with Gasteiger partial charge in [0.15, 0.2) is 16.6 Å². The summed E-state index contributed by atoms with van der Waals surface area (Å²) >= 11 is 6.11. The maximum absolute atomic E-state index is 12.7. The summed E-state index contributed by atoms with van der Waals surface area (Å²) in [6.45, 7) is 0. The third-order valence-electron chi connectivity index (χ3n) is 4.13. The summed E-state index contributed by atoms with van der Waals surface area (Å²) in [7, 11) is 0. The second-order valence-corrected chi connectivity index (χ2v) is 6.43. The smallest absolute Gasteiger partial charge is 0.417 e. The van der Waals surface area contributed by atoms with Crippen molar-refractivity contribution in [1.29, 1.82) is 0 Å². The molecule has 0 radical (unpaired) electrons. The van der Waals surface area contributed by atoms with Gasteiger partial charge in [-0.1, -0.05) is 41.9 Å². The number of alkyl halides is 3. The number of halogens is 4. The van der Waals surface area contributed by atoms with Crippen LogP contribution in [0.2, 0.25) is 5.02 Å². The number of nitrogens with zero attached hydrogens (tertiary/aromatic N) is 3. The Morgan fingerprint density at radius 1 is 0.966 bits per heavy atom. The van der Waals surface area contributed by atoms with E-state index in [9.17, 15) is 18.0 Å². The normalized spacial score (nSPS) is 11.6. The van der Waals surface area contributed by atoms with Crippen molar-refractivity contribution < 1.29 is 17.9 Å². The lowest BCUT2D eigenvalue weighted by Crippen LogP contribution is -2.22. The van der Waals surface area contributed by atoms with Gasteiger partial charge < -0.3 is 4.74 Å². The molecule has 0 fully saturated rings. The molecule has 0 N–H and O–H groups in total. The van der Waals surface area contributed by atoms with Crippen LogP contribution in [0.5, 0.6) is 11.5 Å². The molecule has 0 aliphatic rings. The maximum atomic E-state index is 12.7. The van der Waals surface area contributed by atoms with Crippen molar-refractivity contribution >= 4 is 22.4 Å². The summed E-state index contributed by atoms with van der Waals surface area (Å²) in [6.07, 6.45) is -2.70. The molecular weight excluding hydrogens is 407 g/mol. The fourth-order valence-electron chi connectivity index (χ4n) is 2.69. The first kappa shape index (κ1) is 18.9. The molecular formula is C20H11ClF3N3O2. The Hall–Kier alpha value is -3.39. The van der Waals surface area contributed by atoms with E-state index in [1.54, 1.807) is 12.1 Å². The maximum Gasteiger partial charge on any atom is 0.417 e. The Morgan fingerprint density at radius 2 is 1.72 bits per heavy atom. The second kappa shape index (κ2) is 7.21.